The van der Waals surface area contributed by atoms with Crippen molar-refractivity contribution in [2.45, 2.75) is 26.4 Å². The molecule has 2 aromatic rings. The summed E-state index contributed by atoms with van der Waals surface area (Å²) in [6.07, 6.45) is 1.05. The summed E-state index contributed by atoms with van der Waals surface area (Å²) in [5, 5.41) is 2.17. The van der Waals surface area contributed by atoms with Crippen LogP contribution in [0.3, 0.4) is 0 Å². The molecule has 2 N–H and O–H groups in total. The van der Waals surface area contributed by atoms with Gasteiger partial charge in [-0.2, -0.15) is 0 Å². The van der Waals surface area contributed by atoms with E-state index in [0.717, 1.165) is 32.6 Å². The standard InChI is InChI=1S/C16H22N2S/c1-14-8-11-19-16(14)13-18(10-5-9-17)12-15-6-3-2-4-7-15/h2-4,6-8,11H,5,9-10,12-13,17H2,1H3. The molecule has 1 heterocycles. The highest BCUT2D eigenvalue weighted by Crippen LogP contribution is 2.19. The summed E-state index contributed by atoms with van der Waals surface area (Å²) >= 11 is 1.85. The number of thiophene rings is 1. The fourth-order valence-corrected chi connectivity index (χ4v) is 3.09. The fourth-order valence-electron chi connectivity index (χ4n) is 2.14. The van der Waals surface area contributed by atoms with E-state index in [4.69, 9.17) is 5.73 Å². The van der Waals surface area contributed by atoms with Gasteiger partial charge in [0.05, 0.1) is 0 Å². The maximum atomic E-state index is 5.65. The normalized spacial score (nSPS) is 11.1. The molecule has 0 saturated carbocycles. The lowest BCUT2D eigenvalue weighted by Gasteiger charge is -2.22. The quantitative estimate of drug-likeness (QED) is 0.838. The molecule has 0 saturated heterocycles. The van der Waals surface area contributed by atoms with E-state index in [9.17, 15) is 0 Å². The number of hydrogen-bond donors (Lipinski definition) is 1. The van der Waals surface area contributed by atoms with E-state index in [1.54, 1.807) is 0 Å². The zero-order chi connectivity index (χ0) is 13.5. The topological polar surface area (TPSA) is 29.3 Å². The molecule has 1 aromatic carbocycles. The number of nitrogens with zero attached hydrogens (tertiary/aromatic N) is 1. The predicted octanol–water partition coefficient (Wildman–Crippen LogP) is 3.41. The van der Waals surface area contributed by atoms with E-state index < -0.39 is 0 Å². The van der Waals surface area contributed by atoms with Crippen molar-refractivity contribution in [3.8, 4) is 0 Å². The first-order valence-corrected chi connectivity index (χ1v) is 7.67. The number of hydrogen-bond acceptors (Lipinski definition) is 3. The highest BCUT2D eigenvalue weighted by atomic mass is 32.1. The second kappa shape index (κ2) is 7.43. The van der Waals surface area contributed by atoms with Crippen LogP contribution in [-0.4, -0.2) is 18.0 Å². The zero-order valence-electron chi connectivity index (χ0n) is 11.5. The highest BCUT2D eigenvalue weighted by molar-refractivity contribution is 7.10. The maximum absolute atomic E-state index is 5.65. The third-order valence-corrected chi connectivity index (χ3v) is 4.27. The van der Waals surface area contributed by atoms with Gasteiger partial charge in [-0.3, -0.25) is 4.90 Å². The van der Waals surface area contributed by atoms with Crippen LogP contribution in [-0.2, 0) is 13.1 Å². The van der Waals surface area contributed by atoms with Crippen molar-refractivity contribution < 1.29 is 0 Å². The van der Waals surface area contributed by atoms with Crippen LogP contribution in [0.5, 0.6) is 0 Å². The first kappa shape index (κ1) is 14.3. The van der Waals surface area contributed by atoms with Gasteiger partial charge in [-0.05, 0) is 42.5 Å². The van der Waals surface area contributed by atoms with Crippen molar-refractivity contribution in [3.05, 3.63) is 57.8 Å². The largest absolute Gasteiger partial charge is 0.330 e. The summed E-state index contributed by atoms with van der Waals surface area (Å²) in [5.41, 5.74) is 8.42. The number of benzene rings is 1. The second-order valence-corrected chi connectivity index (χ2v) is 5.87. The molecule has 0 aliphatic carbocycles. The molecule has 0 aliphatic heterocycles. The second-order valence-electron chi connectivity index (χ2n) is 4.87. The molecule has 3 heteroatoms. The molecule has 2 rings (SSSR count). The van der Waals surface area contributed by atoms with Gasteiger partial charge in [0.25, 0.3) is 0 Å². The molecule has 0 unspecified atom stereocenters. The van der Waals surface area contributed by atoms with Crippen LogP contribution in [0.1, 0.15) is 22.4 Å². The number of nitrogens with two attached hydrogens (primary N) is 1. The van der Waals surface area contributed by atoms with E-state index in [1.165, 1.54) is 16.0 Å². The van der Waals surface area contributed by atoms with Crippen molar-refractivity contribution in [3.63, 3.8) is 0 Å². The average Bonchev–Trinajstić information content (AvgIpc) is 2.83. The van der Waals surface area contributed by atoms with Gasteiger partial charge in [-0.25, -0.2) is 0 Å². The third kappa shape index (κ3) is 4.46. The van der Waals surface area contributed by atoms with Crippen molar-refractivity contribution in [2.75, 3.05) is 13.1 Å². The third-order valence-electron chi connectivity index (χ3n) is 3.26. The molecule has 19 heavy (non-hydrogen) atoms. The summed E-state index contributed by atoms with van der Waals surface area (Å²) in [6.45, 7) is 6.03. The Bertz CT molecular complexity index is 479. The Kier molecular flexibility index (Phi) is 5.58. The lowest BCUT2D eigenvalue weighted by molar-refractivity contribution is 0.257. The van der Waals surface area contributed by atoms with E-state index in [0.29, 0.717) is 0 Å². The Balaban J connectivity index is 2.01. The Morgan fingerprint density at radius 2 is 1.89 bits per heavy atom. The van der Waals surface area contributed by atoms with Crippen LogP contribution in [0.15, 0.2) is 41.8 Å². The average molecular weight is 274 g/mol. The van der Waals surface area contributed by atoms with Crippen molar-refractivity contribution in [2.24, 2.45) is 5.73 Å². The minimum absolute atomic E-state index is 0.759. The van der Waals surface area contributed by atoms with Crippen LogP contribution in [0, 0.1) is 6.92 Å². The summed E-state index contributed by atoms with van der Waals surface area (Å²) in [5.74, 6) is 0. The lowest BCUT2D eigenvalue weighted by atomic mass is 10.2. The zero-order valence-corrected chi connectivity index (χ0v) is 12.3. The van der Waals surface area contributed by atoms with E-state index in [1.807, 2.05) is 11.3 Å². The summed E-state index contributed by atoms with van der Waals surface area (Å²) in [6, 6.07) is 12.9. The first-order chi connectivity index (χ1) is 9.29. The predicted molar refractivity (Wildman–Crippen MR) is 83.3 cm³/mol. The molecule has 1 aromatic heterocycles. The van der Waals surface area contributed by atoms with Gasteiger partial charge in [-0.1, -0.05) is 30.3 Å². The van der Waals surface area contributed by atoms with Crippen molar-refractivity contribution >= 4 is 11.3 Å². The van der Waals surface area contributed by atoms with Crippen LogP contribution in [0.25, 0.3) is 0 Å². The summed E-state index contributed by atoms with van der Waals surface area (Å²) in [4.78, 5) is 3.95. The summed E-state index contributed by atoms with van der Waals surface area (Å²) < 4.78 is 0. The molecule has 0 bridgehead atoms. The lowest BCUT2D eigenvalue weighted by Crippen LogP contribution is -2.25. The highest BCUT2D eigenvalue weighted by Gasteiger charge is 2.09. The monoisotopic (exact) mass is 274 g/mol. The maximum Gasteiger partial charge on any atom is 0.0334 e. The minimum atomic E-state index is 0.759. The molecular formula is C16H22N2S. The van der Waals surface area contributed by atoms with Crippen molar-refractivity contribution in [1.82, 2.24) is 4.90 Å². The SMILES string of the molecule is Cc1ccsc1CN(CCCN)Cc1ccccc1. The molecule has 0 radical (unpaired) electrons. The molecule has 0 amide bonds. The minimum Gasteiger partial charge on any atom is -0.330 e. The van der Waals surface area contributed by atoms with Crippen LogP contribution in [0.2, 0.25) is 0 Å². The summed E-state index contributed by atoms with van der Waals surface area (Å²) in [7, 11) is 0. The Labute approximate surface area is 119 Å². The van der Waals surface area contributed by atoms with Gasteiger partial charge >= 0.3 is 0 Å². The van der Waals surface area contributed by atoms with Gasteiger partial charge in [0.2, 0.25) is 0 Å². The van der Waals surface area contributed by atoms with E-state index in [2.05, 4.69) is 53.6 Å². The Hall–Kier alpha value is -1.16. The molecule has 0 fully saturated rings. The Morgan fingerprint density at radius 1 is 1.11 bits per heavy atom. The van der Waals surface area contributed by atoms with Gasteiger partial charge in [0, 0.05) is 24.5 Å². The first-order valence-electron chi connectivity index (χ1n) is 6.79. The molecular weight excluding hydrogens is 252 g/mol. The molecule has 0 aliphatic rings. The van der Waals surface area contributed by atoms with E-state index >= 15 is 0 Å². The molecule has 0 atom stereocenters. The van der Waals surface area contributed by atoms with Gasteiger partial charge in [0.1, 0.15) is 0 Å². The van der Waals surface area contributed by atoms with Gasteiger partial charge in [-0.15, -0.1) is 11.3 Å². The van der Waals surface area contributed by atoms with Crippen LogP contribution < -0.4 is 5.73 Å². The van der Waals surface area contributed by atoms with Gasteiger partial charge < -0.3 is 5.73 Å². The Morgan fingerprint density at radius 3 is 2.53 bits per heavy atom. The number of aryl methyl sites for hydroxylation is 1. The smallest absolute Gasteiger partial charge is 0.0334 e. The molecule has 102 valence electrons. The fraction of sp³-hybridized carbons (Fsp3) is 0.375. The molecule has 2 nitrogen and oxygen atoms in total. The number of rotatable bonds is 7. The van der Waals surface area contributed by atoms with Crippen molar-refractivity contribution in [1.29, 1.82) is 0 Å². The van der Waals surface area contributed by atoms with Gasteiger partial charge in [0.15, 0.2) is 0 Å². The molecule has 0 spiro atoms. The van der Waals surface area contributed by atoms with E-state index in [-0.39, 0.29) is 0 Å². The van der Waals surface area contributed by atoms with Crippen LogP contribution >= 0.6 is 11.3 Å². The van der Waals surface area contributed by atoms with Crippen LogP contribution in [0.4, 0.5) is 0 Å².